The zero-order valence-corrected chi connectivity index (χ0v) is 12.9. The fraction of sp³-hybridized carbons (Fsp3) is 0.214. The van der Waals surface area contributed by atoms with E-state index in [9.17, 15) is 4.79 Å². The second kappa shape index (κ2) is 5.14. The summed E-state index contributed by atoms with van der Waals surface area (Å²) in [5.41, 5.74) is 7.54. The number of nitrogens with two attached hydrogens (primary N) is 1. The highest BCUT2D eigenvalue weighted by Gasteiger charge is 2.27. The van der Waals surface area contributed by atoms with Crippen molar-refractivity contribution in [3.05, 3.63) is 45.7 Å². The van der Waals surface area contributed by atoms with E-state index in [1.807, 2.05) is 16.8 Å². The van der Waals surface area contributed by atoms with Crippen LogP contribution in [0.15, 0.2) is 34.9 Å². The van der Waals surface area contributed by atoms with Crippen LogP contribution in [0.25, 0.3) is 0 Å². The molecule has 20 heavy (non-hydrogen) atoms. The van der Waals surface area contributed by atoms with Crippen LogP contribution in [0.5, 0.6) is 0 Å². The van der Waals surface area contributed by atoms with Crippen LogP contribution in [-0.2, 0) is 0 Å². The predicted molar refractivity (Wildman–Crippen MR) is 84.2 cm³/mol. The molecule has 0 bridgehead atoms. The summed E-state index contributed by atoms with van der Waals surface area (Å²) in [7, 11) is 0. The average molecular weight is 355 g/mol. The highest BCUT2D eigenvalue weighted by atomic mass is 79.9. The zero-order valence-electron chi connectivity index (χ0n) is 10.6. The molecule has 104 valence electrons. The number of hydrogen-bond donors (Lipinski definition) is 2. The van der Waals surface area contributed by atoms with Gasteiger partial charge in [-0.1, -0.05) is 27.5 Å². The molecule has 1 aromatic heterocycles. The Hall–Kier alpha value is -1.46. The molecule has 0 aliphatic heterocycles. The van der Waals surface area contributed by atoms with Crippen molar-refractivity contribution >= 4 is 44.8 Å². The van der Waals surface area contributed by atoms with Gasteiger partial charge in [-0.15, -0.1) is 0 Å². The van der Waals surface area contributed by atoms with E-state index < -0.39 is 0 Å². The van der Waals surface area contributed by atoms with Gasteiger partial charge in [0.25, 0.3) is 5.91 Å². The SMILES string of the molecule is Nc1cc(C(=O)Nc2cc(Br)ccc2Cl)n(C2CC2)c1. The maximum absolute atomic E-state index is 12.4. The number of anilines is 2. The minimum Gasteiger partial charge on any atom is -0.397 e. The number of nitrogens with zero attached hydrogens (tertiary/aromatic N) is 1. The van der Waals surface area contributed by atoms with Crippen LogP contribution in [-0.4, -0.2) is 10.5 Å². The first-order valence-corrected chi connectivity index (χ1v) is 7.45. The molecule has 0 atom stereocenters. The number of rotatable bonds is 3. The topological polar surface area (TPSA) is 60.1 Å². The van der Waals surface area contributed by atoms with Crippen molar-refractivity contribution in [1.82, 2.24) is 4.57 Å². The van der Waals surface area contributed by atoms with Crippen LogP contribution >= 0.6 is 27.5 Å². The smallest absolute Gasteiger partial charge is 0.272 e. The van der Waals surface area contributed by atoms with E-state index in [2.05, 4.69) is 21.2 Å². The highest BCUT2D eigenvalue weighted by molar-refractivity contribution is 9.10. The van der Waals surface area contributed by atoms with Crippen molar-refractivity contribution in [3.8, 4) is 0 Å². The number of amides is 1. The number of nitrogens with one attached hydrogen (secondary N) is 1. The first-order valence-electron chi connectivity index (χ1n) is 6.28. The molecule has 4 nitrogen and oxygen atoms in total. The molecular formula is C14H13BrClN3O. The molecule has 1 aromatic carbocycles. The Balaban J connectivity index is 1.87. The summed E-state index contributed by atoms with van der Waals surface area (Å²) in [5, 5.41) is 3.33. The van der Waals surface area contributed by atoms with E-state index in [4.69, 9.17) is 17.3 Å². The van der Waals surface area contributed by atoms with Crippen molar-refractivity contribution < 1.29 is 4.79 Å². The molecule has 0 radical (unpaired) electrons. The third-order valence-electron chi connectivity index (χ3n) is 3.22. The summed E-state index contributed by atoms with van der Waals surface area (Å²) in [6, 6.07) is 7.41. The van der Waals surface area contributed by atoms with E-state index in [1.54, 1.807) is 18.2 Å². The molecule has 0 saturated heterocycles. The first kappa shape index (κ1) is 13.5. The van der Waals surface area contributed by atoms with Gasteiger partial charge in [-0.2, -0.15) is 0 Å². The van der Waals surface area contributed by atoms with Gasteiger partial charge in [0.15, 0.2) is 0 Å². The Labute approximate surface area is 130 Å². The van der Waals surface area contributed by atoms with E-state index >= 15 is 0 Å². The van der Waals surface area contributed by atoms with Gasteiger partial charge in [0.1, 0.15) is 5.69 Å². The van der Waals surface area contributed by atoms with E-state index in [0.717, 1.165) is 17.3 Å². The van der Waals surface area contributed by atoms with Crippen molar-refractivity contribution in [2.24, 2.45) is 0 Å². The third kappa shape index (κ3) is 2.69. The molecule has 2 aromatic rings. The normalized spacial score (nSPS) is 14.3. The minimum absolute atomic E-state index is 0.200. The Bertz CT molecular complexity index is 679. The summed E-state index contributed by atoms with van der Waals surface area (Å²) in [6.07, 6.45) is 3.99. The van der Waals surface area contributed by atoms with Crippen LogP contribution in [0.4, 0.5) is 11.4 Å². The highest BCUT2D eigenvalue weighted by Crippen LogP contribution is 2.37. The molecule has 1 aliphatic rings. The van der Waals surface area contributed by atoms with E-state index in [1.165, 1.54) is 0 Å². The molecule has 0 unspecified atom stereocenters. The minimum atomic E-state index is -0.200. The van der Waals surface area contributed by atoms with Gasteiger partial charge in [0.05, 0.1) is 16.4 Å². The lowest BCUT2D eigenvalue weighted by atomic mass is 10.3. The number of carbonyl (C=O) groups is 1. The Morgan fingerprint density at radius 3 is 2.85 bits per heavy atom. The second-order valence-electron chi connectivity index (χ2n) is 4.88. The van der Waals surface area contributed by atoms with Gasteiger partial charge in [0.2, 0.25) is 0 Å². The van der Waals surface area contributed by atoms with E-state index in [0.29, 0.717) is 28.1 Å². The number of benzene rings is 1. The molecule has 1 amide bonds. The summed E-state index contributed by atoms with van der Waals surface area (Å²) in [4.78, 5) is 12.4. The van der Waals surface area contributed by atoms with Gasteiger partial charge in [-0.25, -0.2) is 0 Å². The van der Waals surface area contributed by atoms with Gasteiger partial charge in [-0.3, -0.25) is 4.79 Å². The number of aromatic nitrogens is 1. The number of hydrogen-bond acceptors (Lipinski definition) is 2. The van der Waals surface area contributed by atoms with Crippen LogP contribution in [0, 0.1) is 0 Å². The van der Waals surface area contributed by atoms with Gasteiger partial charge < -0.3 is 15.6 Å². The Kier molecular flexibility index (Phi) is 3.48. The molecule has 1 heterocycles. The Morgan fingerprint density at radius 1 is 1.40 bits per heavy atom. The molecule has 0 spiro atoms. The predicted octanol–water partition coefficient (Wildman–Crippen LogP) is 4.07. The number of nitrogen functional groups attached to an aromatic ring is 1. The third-order valence-corrected chi connectivity index (χ3v) is 4.04. The maximum atomic E-state index is 12.4. The summed E-state index contributed by atoms with van der Waals surface area (Å²) >= 11 is 9.44. The quantitative estimate of drug-likeness (QED) is 0.872. The van der Waals surface area contributed by atoms with Crippen LogP contribution in [0.3, 0.4) is 0 Å². The molecule has 1 aliphatic carbocycles. The molecule has 3 rings (SSSR count). The molecular weight excluding hydrogens is 342 g/mol. The largest absolute Gasteiger partial charge is 0.397 e. The van der Waals surface area contributed by atoms with Gasteiger partial charge >= 0.3 is 0 Å². The Morgan fingerprint density at radius 2 is 2.15 bits per heavy atom. The second-order valence-corrected chi connectivity index (χ2v) is 6.20. The molecule has 3 N–H and O–H groups in total. The van der Waals surface area contributed by atoms with Crippen LogP contribution < -0.4 is 11.1 Å². The lowest BCUT2D eigenvalue weighted by Gasteiger charge is -2.10. The fourth-order valence-electron chi connectivity index (χ4n) is 2.12. The average Bonchev–Trinajstić information content (AvgIpc) is 3.17. The maximum Gasteiger partial charge on any atom is 0.272 e. The fourth-order valence-corrected chi connectivity index (χ4v) is 2.64. The molecule has 1 saturated carbocycles. The number of carbonyl (C=O) groups excluding carboxylic acids is 1. The van der Waals surface area contributed by atoms with Crippen molar-refractivity contribution in [2.75, 3.05) is 11.1 Å². The van der Waals surface area contributed by atoms with Crippen LogP contribution in [0.2, 0.25) is 5.02 Å². The van der Waals surface area contributed by atoms with E-state index in [-0.39, 0.29) is 5.91 Å². The van der Waals surface area contributed by atoms with Crippen molar-refractivity contribution in [1.29, 1.82) is 0 Å². The summed E-state index contributed by atoms with van der Waals surface area (Å²) < 4.78 is 2.80. The van der Waals surface area contributed by atoms with Crippen molar-refractivity contribution in [3.63, 3.8) is 0 Å². The van der Waals surface area contributed by atoms with Gasteiger partial charge in [0, 0.05) is 16.7 Å². The number of halogens is 2. The van der Waals surface area contributed by atoms with Crippen molar-refractivity contribution in [2.45, 2.75) is 18.9 Å². The van der Waals surface area contributed by atoms with Crippen LogP contribution in [0.1, 0.15) is 29.4 Å². The summed E-state index contributed by atoms with van der Waals surface area (Å²) in [6.45, 7) is 0. The summed E-state index contributed by atoms with van der Waals surface area (Å²) in [5.74, 6) is -0.200. The zero-order chi connectivity index (χ0) is 14.3. The first-order chi connectivity index (χ1) is 9.54. The molecule has 1 fully saturated rings. The standard InChI is InChI=1S/C14H13BrClN3O/c15-8-1-4-11(16)12(5-8)18-14(20)13-6-9(17)7-19(13)10-2-3-10/h1,4-7,10H,2-3,17H2,(H,18,20). The van der Waals surface area contributed by atoms with Gasteiger partial charge in [-0.05, 0) is 37.1 Å². The molecule has 6 heteroatoms. The monoisotopic (exact) mass is 353 g/mol. The lowest BCUT2D eigenvalue weighted by molar-refractivity contribution is 0.101. The lowest BCUT2D eigenvalue weighted by Crippen LogP contribution is -2.16.